The summed E-state index contributed by atoms with van der Waals surface area (Å²) in [5.74, 6) is -1.86. The molecule has 6 heteroatoms. The number of carbonyl (C=O) groups excluding carboxylic acids is 1. The van der Waals surface area contributed by atoms with Crippen LogP contribution in [0.25, 0.3) is 0 Å². The zero-order valence-electron chi connectivity index (χ0n) is 7.67. The van der Waals surface area contributed by atoms with Gasteiger partial charge in [0.2, 0.25) is 0 Å². The second-order valence-electron chi connectivity index (χ2n) is 3.08. The van der Waals surface area contributed by atoms with Crippen LogP contribution in [-0.4, -0.2) is 21.7 Å². The van der Waals surface area contributed by atoms with Crippen LogP contribution >= 0.6 is 0 Å². The van der Waals surface area contributed by atoms with Crippen molar-refractivity contribution in [1.29, 1.82) is 0 Å². The minimum atomic E-state index is -4.84. The summed E-state index contributed by atoms with van der Waals surface area (Å²) in [5, 5.41) is 3.65. The van der Waals surface area contributed by atoms with E-state index >= 15 is 0 Å². The highest BCUT2D eigenvalue weighted by atomic mass is 19.4. The number of rotatable bonds is 2. The first-order valence-electron chi connectivity index (χ1n) is 3.99. The van der Waals surface area contributed by atoms with E-state index in [4.69, 9.17) is 0 Å². The average Bonchev–Trinajstić information content (AvgIpc) is 2.48. The number of hydrogen-bond acceptors (Lipinski definition) is 2. The zero-order chi connectivity index (χ0) is 10.9. The van der Waals surface area contributed by atoms with E-state index in [2.05, 4.69) is 5.10 Å². The van der Waals surface area contributed by atoms with Crippen molar-refractivity contribution in [3.63, 3.8) is 0 Å². The lowest BCUT2D eigenvalue weighted by atomic mass is 10.2. The van der Waals surface area contributed by atoms with Gasteiger partial charge in [-0.15, -0.1) is 0 Å². The fourth-order valence-electron chi connectivity index (χ4n) is 1.05. The molecule has 0 radical (unpaired) electrons. The van der Waals surface area contributed by atoms with E-state index in [-0.39, 0.29) is 6.04 Å². The minimum absolute atomic E-state index is 0.272. The van der Waals surface area contributed by atoms with Crippen LogP contribution in [0.2, 0.25) is 0 Å². The monoisotopic (exact) mass is 206 g/mol. The predicted molar refractivity (Wildman–Crippen MR) is 43.0 cm³/mol. The molecule has 0 saturated heterocycles. The molecule has 0 spiro atoms. The summed E-state index contributed by atoms with van der Waals surface area (Å²) < 4.78 is 37.2. The van der Waals surface area contributed by atoms with Gasteiger partial charge in [0.25, 0.3) is 5.78 Å². The number of nitrogens with zero attached hydrogens (tertiary/aromatic N) is 2. The molecule has 0 saturated carbocycles. The van der Waals surface area contributed by atoms with Crippen LogP contribution in [0, 0.1) is 0 Å². The highest BCUT2D eigenvalue weighted by Crippen LogP contribution is 2.22. The van der Waals surface area contributed by atoms with Crippen LogP contribution in [0.3, 0.4) is 0 Å². The Morgan fingerprint density at radius 2 is 2.07 bits per heavy atom. The Bertz CT molecular complexity index is 341. The van der Waals surface area contributed by atoms with Gasteiger partial charge in [-0.05, 0) is 19.9 Å². The minimum Gasteiger partial charge on any atom is -0.282 e. The van der Waals surface area contributed by atoms with Gasteiger partial charge in [-0.25, -0.2) is 0 Å². The van der Waals surface area contributed by atoms with Gasteiger partial charge >= 0.3 is 6.18 Å². The molecule has 0 aliphatic rings. The number of carbonyl (C=O) groups is 1. The van der Waals surface area contributed by atoms with E-state index in [0.717, 1.165) is 10.7 Å². The number of ketones is 1. The third-order valence-corrected chi connectivity index (χ3v) is 1.65. The topological polar surface area (TPSA) is 34.9 Å². The number of halogens is 3. The van der Waals surface area contributed by atoms with Crippen molar-refractivity contribution in [2.45, 2.75) is 26.1 Å². The Hall–Kier alpha value is -1.33. The standard InChI is InChI=1S/C8H9F3N2O/c1-5(2)13-6(3-4-12-13)7(14)8(9,10)11/h3-5H,1-2H3. The summed E-state index contributed by atoms with van der Waals surface area (Å²) in [4.78, 5) is 10.9. The number of hydrogen-bond donors (Lipinski definition) is 0. The summed E-state index contributed by atoms with van der Waals surface area (Å²) >= 11 is 0. The molecule has 0 N–H and O–H groups in total. The molecule has 0 amide bonds. The van der Waals surface area contributed by atoms with Gasteiger partial charge in [0, 0.05) is 12.2 Å². The normalized spacial score (nSPS) is 12.1. The maximum Gasteiger partial charge on any atom is 0.456 e. The van der Waals surface area contributed by atoms with E-state index in [9.17, 15) is 18.0 Å². The molecule has 1 aromatic heterocycles. The molecule has 14 heavy (non-hydrogen) atoms. The molecule has 0 bridgehead atoms. The second-order valence-corrected chi connectivity index (χ2v) is 3.08. The highest BCUT2D eigenvalue weighted by Gasteiger charge is 2.41. The van der Waals surface area contributed by atoms with Gasteiger partial charge in [0.05, 0.1) is 0 Å². The fraction of sp³-hybridized carbons (Fsp3) is 0.500. The van der Waals surface area contributed by atoms with E-state index in [1.54, 1.807) is 13.8 Å². The third-order valence-electron chi connectivity index (χ3n) is 1.65. The van der Waals surface area contributed by atoms with Crippen LogP contribution in [0.1, 0.15) is 30.4 Å². The van der Waals surface area contributed by atoms with Crippen molar-refractivity contribution in [2.75, 3.05) is 0 Å². The average molecular weight is 206 g/mol. The van der Waals surface area contributed by atoms with Crippen molar-refractivity contribution in [1.82, 2.24) is 9.78 Å². The Labute approximate surface area is 78.5 Å². The summed E-state index contributed by atoms with van der Waals surface area (Å²) in [6.07, 6.45) is -3.66. The summed E-state index contributed by atoms with van der Waals surface area (Å²) in [6, 6.07) is 0.793. The maximum atomic E-state index is 12.1. The van der Waals surface area contributed by atoms with Crippen LogP contribution in [0.15, 0.2) is 12.3 Å². The molecule has 0 fully saturated rings. The first kappa shape index (κ1) is 10.7. The van der Waals surface area contributed by atoms with Crippen molar-refractivity contribution in [2.24, 2.45) is 0 Å². The molecule has 0 unspecified atom stereocenters. The van der Waals surface area contributed by atoms with Crippen LogP contribution < -0.4 is 0 Å². The van der Waals surface area contributed by atoms with Gasteiger partial charge in [-0.1, -0.05) is 0 Å². The summed E-state index contributed by atoms with van der Waals surface area (Å²) in [7, 11) is 0. The molecule has 1 aromatic rings. The largest absolute Gasteiger partial charge is 0.456 e. The molecule has 0 aliphatic carbocycles. The van der Waals surface area contributed by atoms with Crippen molar-refractivity contribution in [3.05, 3.63) is 18.0 Å². The molecule has 0 atom stereocenters. The number of alkyl halides is 3. The highest BCUT2D eigenvalue weighted by molar-refractivity contribution is 5.98. The second kappa shape index (κ2) is 3.43. The Kier molecular flexibility index (Phi) is 2.64. The quantitative estimate of drug-likeness (QED) is 0.695. The molecule has 1 heterocycles. The van der Waals surface area contributed by atoms with Crippen molar-refractivity contribution >= 4 is 5.78 Å². The van der Waals surface area contributed by atoms with Crippen molar-refractivity contribution < 1.29 is 18.0 Å². The molecule has 3 nitrogen and oxygen atoms in total. The van der Waals surface area contributed by atoms with Crippen LogP contribution in [0.5, 0.6) is 0 Å². The summed E-state index contributed by atoms with van der Waals surface area (Å²) in [6.45, 7) is 3.31. The van der Waals surface area contributed by atoms with Crippen LogP contribution in [0.4, 0.5) is 13.2 Å². The smallest absolute Gasteiger partial charge is 0.282 e. The first-order valence-corrected chi connectivity index (χ1v) is 3.99. The molecule has 1 rings (SSSR count). The van der Waals surface area contributed by atoms with E-state index in [1.165, 1.54) is 6.20 Å². The fourth-order valence-corrected chi connectivity index (χ4v) is 1.05. The van der Waals surface area contributed by atoms with Gasteiger partial charge in [0.15, 0.2) is 0 Å². The zero-order valence-corrected chi connectivity index (χ0v) is 7.67. The molecular formula is C8H9F3N2O. The molecular weight excluding hydrogens is 197 g/mol. The first-order chi connectivity index (χ1) is 6.34. The third kappa shape index (κ3) is 1.94. The van der Waals surface area contributed by atoms with Crippen molar-refractivity contribution in [3.8, 4) is 0 Å². The van der Waals surface area contributed by atoms with E-state index in [0.29, 0.717) is 0 Å². The molecule has 0 aromatic carbocycles. The number of Topliss-reactive ketones (excluding diaryl/α,β-unsaturated/α-hetero) is 1. The number of aromatic nitrogens is 2. The molecule has 78 valence electrons. The lowest BCUT2D eigenvalue weighted by Gasteiger charge is -2.11. The lowest BCUT2D eigenvalue weighted by molar-refractivity contribution is -0.0891. The molecule has 0 aliphatic heterocycles. The Morgan fingerprint density at radius 1 is 1.50 bits per heavy atom. The maximum absolute atomic E-state index is 12.1. The van der Waals surface area contributed by atoms with E-state index in [1.807, 2.05) is 0 Å². The SMILES string of the molecule is CC(C)n1nccc1C(=O)C(F)(F)F. The van der Waals surface area contributed by atoms with Crippen LogP contribution in [-0.2, 0) is 0 Å². The Morgan fingerprint density at radius 3 is 2.50 bits per heavy atom. The van der Waals surface area contributed by atoms with Gasteiger partial charge in [-0.2, -0.15) is 18.3 Å². The van der Waals surface area contributed by atoms with Gasteiger partial charge < -0.3 is 0 Å². The van der Waals surface area contributed by atoms with Gasteiger partial charge in [0.1, 0.15) is 5.69 Å². The Balaban J connectivity index is 3.08. The van der Waals surface area contributed by atoms with E-state index < -0.39 is 17.7 Å². The van der Waals surface area contributed by atoms with Gasteiger partial charge in [-0.3, -0.25) is 9.48 Å². The lowest BCUT2D eigenvalue weighted by Crippen LogP contribution is -2.26. The summed E-state index contributed by atoms with van der Waals surface area (Å²) in [5.41, 5.74) is -0.424. The predicted octanol–water partition coefficient (Wildman–Crippen LogP) is 2.21.